The maximum absolute atomic E-state index is 4.86. The number of thiophene rings is 2. The van der Waals surface area contributed by atoms with Gasteiger partial charge in [-0.3, -0.25) is 0 Å². The third-order valence-electron chi connectivity index (χ3n) is 10.8. The van der Waals surface area contributed by atoms with Crippen molar-refractivity contribution in [3.8, 4) is 66.9 Å². The maximum Gasteiger partial charge on any atom is 0.116 e. The van der Waals surface area contributed by atoms with Crippen LogP contribution in [0.5, 0.6) is 0 Å². The molecular formula is C52H32N2S2. The lowest BCUT2D eigenvalue weighted by Gasteiger charge is -2.09. The highest BCUT2D eigenvalue weighted by Gasteiger charge is 2.16. The number of hydrogen-bond acceptors (Lipinski definition) is 4. The normalized spacial score (nSPS) is 11.6. The summed E-state index contributed by atoms with van der Waals surface area (Å²) < 4.78 is 4.98. The van der Waals surface area contributed by atoms with E-state index in [-0.39, 0.29) is 0 Å². The highest BCUT2D eigenvalue weighted by molar-refractivity contribution is 7.26. The van der Waals surface area contributed by atoms with Crippen LogP contribution in [0, 0.1) is 0 Å². The van der Waals surface area contributed by atoms with E-state index in [1.807, 2.05) is 11.3 Å². The van der Waals surface area contributed by atoms with E-state index < -0.39 is 0 Å². The molecule has 0 fully saturated rings. The highest BCUT2D eigenvalue weighted by Crippen LogP contribution is 2.42. The summed E-state index contributed by atoms with van der Waals surface area (Å²) in [5.41, 5.74) is 15.1. The summed E-state index contributed by atoms with van der Waals surface area (Å²) in [6.45, 7) is 0. The summed E-state index contributed by atoms with van der Waals surface area (Å²) in [4.78, 5) is 9.70. The van der Waals surface area contributed by atoms with E-state index >= 15 is 0 Å². The van der Waals surface area contributed by atoms with Gasteiger partial charge in [0, 0.05) is 35.8 Å². The molecule has 4 heteroatoms. The number of rotatable bonds is 6. The second-order valence-electron chi connectivity index (χ2n) is 14.2. The van der Waals surface area contributed by atoms with Gasteiger partial charge in [-0.2, -0.15) is 0 Å². The van der Waals surface area contributed by atoms with Crippen molar-refractivity contribution < 1.29 is 0 Å². The molecule has 0 aliphatic rings. The molecule has 11 aromatic rings. The fourth-order valence-corrected chi connectivity index (χ4v) is 10.4. The van der Waals surface area contributed by atoms with Crippen LogP contribution >= 0.6 is 22.7 Å². The van der Waals surface area contributed by atoms with Crippen molar-refractivity contribution >= 4 is 63.1 Å². The van der Waals surface area contributed by atoms with Gasteiger partial charge in [0.1, 0.15) is 6.33 Å². The van der Waals surface area contributed by atoms with Gasteiger partial charge in [0.15, 0.2) is 0 Å². The van der Waals surface area contributed by atoms with E-state index in [0.717, 1.165) is 26.9 Å². The topological polar surface area (TPSA) is 25.8 Å². The van der Waals surface area contributed by atoms with E-state index in [2.05, 4.69) is 188 Å². The zero-order valence-electron chi connectivity index (χ0n) is 30.2. The van der Waals surface area contributed by atoms with E-state index in [0.29, 0.717) is 0 Å². The van der Waals surface area contributed by atoms with Crippen LogP contribution in [0.2, 0.25) is 0 Å². The SMILES string of the molecule is c1ccc(-c2ccc(-c3cccc(-c4ccc5sc6c(-c7cccc(-c8ccc(-c9cccc%10c9sc9ccccc9%10)cc8)c7)ncnc6c5c4)c3)cc2)cc1. The van der Waals surface area contributed by atoms with Gasteiger partial charge in [0.05, 0.1) is 15.9 Å². The molecule has 0 bridgehead atoms. The van der Waals surface area contributed by atoms with Crippen LogP contribution in [0.15, 0.2) is 194 Å². The van der Waals surface area contributed by atoms with Crippen molar-refractivity contribution in [2.75, 3.05) is 0 Å². The van der Waals surface area contributed by atoms with Crippen molar-refractivity contribution in [2.24, 2.45) is 0 Å². The average molecular weight is 749 g/mol. The summed E-state index contributed by atoms with van der Waals surface area (Å²) in [6, 6.07) is 68.0. The molecule has 262 valence electrons. The first-order valence-corrected chi connectivity index (χ1v) is 20.4. The van der Waals surface area contributed by atoms with Gasteiger partial charge in [0.25, 0.3) is 0 Å². The van der Waals surface area contributed by atoms with E-state index in [1.165, 1.54) is 80.5 Å². The molecule has 0 atom stereocenters. The Morgan fingerprint density at radius 3 is 1.57 bits per heavy atom. The lowest BCUT2D eigenvalue weighted by Crippen LogP contribution is -1.87. The first-order chi connectivity index (χ1) is 27.7. The molecule has 0 radical (unpaired) electrons. The zero-order chi connectivity index (χ0) is 37.0. The fraction of sp³-hybridized carbons (Fsp3) is 0. The molecule has 11 rings (SSSR count). The Hall–Kier alpha value is -6.72. The Labute approximate surface area is 332 Å². The predicted octanol–water partition coefficient (Wildman–Crippen LogP) is 15.2. The Morgan fingerprint density at radius 2 is 0.804 bits per heavy atom. The van der Waals surface area contributed by atoms with E-state index in [4.69, 9.17) is 9.97 Å². The molecule has 0 amide bonds. The summed E-state index contributed by atoms with van der Waals surface area (Å²) in [5, 5.41) is 3.81. The standard InChI is InChI=1S/C52H32N2S2/c1-2-9-33(10-3-1)34-19-21-35(22-20-34)38-11-6-13-40(29-38)41-27-28-48-46(31-41)50-52(56-48)49(53-32-54-50)42-14-7-12-39(30-42)36-23-25-37(26-24-36)43-16-8-17-45-44-15-4-5-18-47(44)55-51(43)45/h1-32H. The van der Waals surface area contributed by atoms with Crippen molar-refractivity contribution in [1.82, 2.24) is 9.97 Å². The summed E-state index contributed by atoms with van der Waals surface area (Å²) in [7, 11) is 0. The van der Waals surface area contributed by atoms with Gasteiger partial charge in [0.2, 0.25) is 0 Å². The minimum absolute atomic E-state index is 0.966. The zero-order valence-corrected chi connectivity index (χ0v) is 31.8. The molecule has 8 aromatic carbocycles. The number of benzene rings is 8. The molecule has 56 heavy (non-hydrogen) atoms. The van der Waals surface area contributed by atoms with Crippen molar-refractivity contribution in [3.63, 3.8) is 0 Å². The maximum atomic E-state index is 4.86. The third-order valence-corrected chi connectivity index (χ3v) is 13.2. The number of fused-ring (bicyclic) bond motifs is 6. The fourth-order valence-electron chi connectivity index (χ4n) is 7.99. The van der Waals surface area contributed by atoms with E-state index in [9.17, 15) is 0 Å². The van der Waals surface area contributed by atoms with Gasteiger partial charge < -0.3 is 0 Å². The molecule has 3 aromatic heterocycles. The molecule has 0 aliphatic heterocycles. The van der Waals surface area contributed by atoms with Crippen LogP contribution in [0.3, 0.4) is 0 Å². The molecule has 2 nitrogen and oxygen atoms in total. The lowest BCUT2D eigenvalue weighted by atomic mass is 9.96. The quantitative estimate of drug-likeness (QED) is 0.169. The largest absolute Gasteiger partial charge is 0.235 e. The summed E-state index contributed by atoms with van der Waals surface area (Å²) in [5.74, 6) is 0. The number of hydrogen-bond donors (Lipinski definition) is 0. The molecule has 3 heterocycles. The third kappa shape index (κ3) is 5.70. The highest BCUT2D eigenvalue weighted by atomic mass is 32.1. The van der Waals surface area contributed by atoms with Crippen LogP contribution < -0.4 is 0 Å². The van der Waals surface area contributed by atoms with Crippen LogP contribution in [0.25, 0.3) is 107 Å². The van der Waals surface area contributed by atoms with E-state index in [1.54, 1.807) is 17.7 Å². The molecule has 0 aliphatic carbocycles. The second kappa shape index (κ2) is 13.5. The molecule has 0 spiro atoms. The van der Waals surface area contributed by atoms with Gasteiger partial charge in [-0.15, -0.1) is 22.7 Å². The van der Waals surface area contributed by atoms with Crippen LogP contribution in [-0.2, 0) is 0 Å². The Balaban J connectivity index is 0.903. The molecule has 0 saturated carbocycles. The second-order valence-corrected chi connectivity index (χ2v) is 16.3. The average Bonchev–Trinajstić information content (AvgIpc) is 3.85. The van der Waals surface area contributed by atoms with Crippen LogP contribution in [-0.4, -0.2) is 9.97 Å². The minimum Gasteiger partial charge on any atom is -0.235 e. The molecule has 0 unspecified atom stereocenters. The summed E-state index contributed by atoms with van der Waals surface area (Å²) >= 11 is 3.64. The monoisotopic (exact) mass is 748 g/mol. The Bertz CT molecular complexity index is 3230. The summed E-state index contributed by atoms with van der Waals surface area (Å²) in [6.07, 6.45) is 1.71. The van der Waals surface area contributed by atoms with Gasteiger partial charge >= 0.3 is 0 Å². The van der Waals surface area contributed by atoms with Gasteiger partial charge in [-0.05, 0) is 86.0 Å². The van der Waals surface area contributed by atoms with Crippen LogP contribution in [0.1, 0.15) is 0 Å². The first-order valence-electron chi connectivity index (χ1n) is 18.8. The van der Waals surface area contributed by atoms with Crippen LogP contribution in [0.4, 0.5) is 0 Å². The number of nitrogens with zero attached hydrogens (tertiary/aromatic N) is 2. The predicted molar refractivity (Wildman–Crippen MR) is 240 cm³/mol. The molecule has 0 saturated heterocycles. The van der Waals surface area contributed by atoms with Crippen molar-refractivity contribution in [1.29, 1.82) is 0 Å². The minimum atomic E-state index is 0.966. The molecule has 0 N–H and O–H groups in total. The lowest BCUT2D eigenvalue weighted by molar-refractivity contribution is 1.24. The first kappa shape index (κ1) is 32.7. The Morgan fingerprint density at radius 1 is 0.304 bits per heavy atom. The van der Waals surface area contributed by atoms with Crippen molar-refractivity contribution in [3.05, 3.63) is 194 Å². The Kier molecular flexibility index (Phi) is 7.90. The molecular weight excluding hydrogens is 717 g/mol. The number of aromatic nitrogens is 2. The van der Waals surface area contributed by atoms with Crippen molar-refractivity contribution in [2.45, 2.75) is 0 Å². The smallest absolute Gasteiger partial charge is 0.116 e. The van der Waals surface area contributed by atoms with Gasteiger partial charge in [-0.25, -0.2) is 9.97 Å². The van der Waals surface area contributed by atoms with Gasteiger partial charge in [-0.1, -0.05) is 158 Å².